The number of rotatable bonds is 5. The summed E-state index contributed by atoms with van der Waals surface area (Å²) in [7, 11) is 0. The summed E-state index contributed by atoms with van der Waals surface area (Å²) in [6, 6.07) is 1.84. The van der Waals surface area contributed by atoms with E-state index in [4.69, 9.17) is 5.26 Å². The molecule has 0 atom stereocenters. The third kappa shape index (κ3) is 3.09. The molecule has 1 aromatic rings. The Morgan fingerprint density at radius 2 is 2.40 bits per heavy atom. The molecular formula is C10H14N4O. The lowest BCUT2D eigenvalue weighted by Crippen LogP contribution is -2.15. The Labute approximate surface area is 88.2 Å². The highest BCUT2D eigenvalue weighted by Gasteiger charge is 2.05. The number of aromatic amines is 1. The third-order valence-corrected chi connectivity index (χ3v) is 2.05. The monoisotopic (exact) mass is 206 g/mol. The van der Waals surface area contributed by atoms with Crippen LogP contribution >= 0.6 is 0 Å². The molecule has 80 valence electrons. The molecule has 15 heavy (non-hydrogen) atoms. The molecule has 0 amide bonds. The number of unbranched alkanes of at least 4 members (excludes halogenated alkanes) is 2. The van der Waals surface area contributed by atoms with Gasteiger partial charge in [-0.05, 0) is 6.42 Å². The zero-order chi connectivity index (χ0) is 11.1. The van der Waals surface area contributed by atoms with Crippen LogP contribution in [-0.2, 0) is 0 Å². The number of hydrogen-bond acceptors (Lipinski definition) is 4. The standard InChI is InChI=1S/C10H14N4O/c1-2-3-4-5-12-9-8(6-11)10(15)14-7-13-9/h7H,2-5H2,1H3,(H2,12,13,14,15). The lowest BCUT2D eigenvalue weighted by Gasteiger charge is -2.05. The normalized spacial score (nSPS) is 9.60. The minimum atomic E-state index is -0.491. The molecule has 5 nitrogen and oxygen atoms in total. The van der Waals surface area contributed by atoms with E-state index in [-0.39, 0.29) is 5.56 Å². The first-order chi connectivity index (χ1) is 7.29. The first-order valence-electron chi connectivity index (χ1n) is 5.01. The molecule has 0 aliphatic rings. The highest BCUT2D eigenvalue weighted by molar-refractivity contribution is 5.49. The average Bonchev–Trinajstić information content (AvgIpc) is 2.24. The Morgan fingerprint density at radius 1 is 1.60 bits per heavy atom. The molecule has 0 aliphatic carbocycles. The van der Waals surface area contributed by atoms with Gasteiger partial charge in [0.05, 0.1) is 6.33 Å². The van der Waals surface area contributed by atoms with Crippen LogP contribution in [0.4, 0.5) is 5.82 Å². The summed E-state index contributed by atoms with van der Waals surface area (Å²) in [5, 5.41) is 11.8. The minimum Gasteiger partial charge on any atom is -0.370 e. The summed E-state index contributed by atoms with van der Waals surface area (Å²) in [5.74, 6) is 0.466. The lowest BCUT2D eigenvalue weighted by atomic mass is 10.2. The van der Waals surface area contributed by atoms with Gasteiger partial charge in [0.25, 0.3) is 5.56 Å². The second kappa shape index (κ2) is 5.81. The zero-order valence-electron chi connectivity index (χ0n) is 8.71. The molecule has 0 aromatic carbocycles. The van der Waals surface area contributed by atoms with Crippen molar-refractivity contribution in [2.75, 3.05) is 11.9 Å². The van der Waals surface area contributed by atoms with Crippen LogP contribution < -0.4 is 10.9 Å². The van der Waals surface area contributed by atoms with Gasteiger partial charge in [0, 0.05) is 6.54 Å². The van der Waals surface area contributed by atoms with Crippen molar-refractivity contribution in [1.29, 1.82) is 5.26 Å². The predicted molar refractivity (Wildman–Crippen MR) is 57.6 cm³/mol. The van der Waals surface area contributed by atoms with Crippen LogP contribution in [0.15, 0.2) is 11.1 Å². The number of aromatic nitrogens is 2. The Kier molecular flexibility index (Phi) is 4.35. The van der Waals surface area contributed by atoms with Crippen LogP contribution in [0.1, 0.15) is 31.7 Å². The molecule has 0 radical (unpaired) electrons. The zero-order valence-corrected chi connectivity index (χ0v) is 8.71. The van der Waals surface area contributed by atoms with Crippen molar-refractivity contribution < 1.29 is 0 Å². The van der Waals surface area contributed by atoms with Crippen molar-refractivity contribution in [2.45, 2.75) is 26.2 Å². The van der Waals surface area contributed by atoms with E-state index in [2.05, 4.69) is 22.2 Å². The maximum absolute atomic E-state index is 11.2. The Balaban J connectivity index is 2.65. The molecule has 0 fully saturated rings. The van der Waals surface area contributed by atoms with E-state index in [1.165, 1.54) is 6.33 Å². The Bertz CT molecular complexity index is 405. The Morgan fingerprint density at radius 3 is 3.07 bits per heavy atom. The summed E-state index contributed by atoms with van der Waals surface area (Å²) < 4.78 is 0. The molecule has 0 aliphatic heterocycles. The minimum absolute atomic E-state index is 0.0500. The van der Waals surface area contributed by atoms with Crippen molar-refractivity contribution in [3.63, 3.8) is 0 Å². The van der Waals surface area contributed by atoms with Gasteiger partial charge < -0.3 is 10.3 Å². The van der Waals surface area contributed by atoms with Crippen molar-refractivity contribution in [2.24, 2.45) is 0 Å². The van der Waals surface area contributed by atoms with E-state index in [0.29, 0.717) is 5.82 Å². The lowest BCUT2D eigenvalue weighted by molar-refractivity contribution is 0.742. The fraction of sp³-hybridized carbons (Fsp3) is 0.500. The van der Waals surface area contributed by atoms with Crippen LogP contribution in [0, 0.1) is 11.3 Å². The molecule has 0 saturated heterocycles. The topological polar surface area (TPSA) is 81.6 Å². The molecule has 1 rings (SSSR count). The average molecular weight is 206 g/mol. The molecule has 0 saturated carbocycles. The molecule has 0 spiro atoms. The largest absolute Gasteiger partial charge is 0.370 e. The van der Waals surface area contributed by atoms with Gasteiger partial charge >= 0.3 is 0 Å². The number of hydrogen-bond donors (Lipinski definition) is 2. The van der Waals surface area contributed by atoms with E-state index in [0.717, 1.165) is 25.8 Å². The van der Waals surface area contributed by atoms with E-state index >= 15 is 0 Å². The van der Waals surface area contributed by atoms with E-state index in [1.807, 2.05) is 6.07 Å². The second-order valence-electron chi connectivity index (χ2n) is 3.20. The van der Waals surface area contributed by atoms with Crippen LogP contribution in [0.25, 0.3) is 0 Å². The highest BCUT2D eigenvalue weighted by Crippen LogP contribution is 2.04. The second-order valence-corrected chi connectivity index (χ2v) is 3.20. The highest BCUT2D eigenvalue weighted by atomic mass is 16.1. The maximum atomic E-state index is 11.2. The number of nitrogens with zero attached hydrogens (tertiary/aromatic N) is 2. The molecule has 0 unspecified atom stereocenters. The number of anilines is 1. The van der Waals surface area contributed by atoms with Crippen LogP contribution in [0.3, 0.4) is 0 Å². The van der Waals surface area contributed by atoms with Gasteiger partial charge in [0.2, 0.25) is 0 Å². The van der Waals surface area contributed by atoms with Gasteiger partial charge in [-0.25, -0.2) is 0 Å². The number of H-pyrrole nitrogens is 1. The third-order valence-electron chi connectivity index (χ3n) is 2.05. The quantitative estimate of drug-likeness (QED) is 0.710. The van der Waals surface area contributed by atoms with E-state index in [1.54, 1.807) is 0 Å². The molecule has 2 N–H and O–H groups in total. The fourth-order valence-corrected chi connectivity index (χ4v) is 1.23. The summed E-state index contributed by atoms with van der Waals surface area (Å²) >= 11 is 0. The molecule has 1 heterocycles. The molecule has 5 heteroatoms. The summed E-state index contributed by atoms with van der Waals surface area (Å²) in [4.78, 5) is 17.4. The van der Waals surface area contributed by atoms with Crippen molar-refractivity contribution in [1.82, 2.24) is 9.97 Å². The van der Waals surface area contributed by atoms with E-state index < -0.39 is 5.56 Å². The molecule has 0 bridgehead atoms. The smallest absolute Gasteiger partial charge is 0.292 e. The Hall–Kier alpha value is -1.83. The van der Waals surface area contributed by atoms with Crippen LogP contribution in [0.2, 0.25) is 0 Å². The van der Waals surface area contributed by atoms with Crippen LogP contribution in [0.5, 0.6) is 0 Å². The summed E-state index contributed by atoms with van der Waals surface area (Å²) in [5.41, 5.74) is -0.441. The molecular weight excluding hydrogens is 192 g/mol. The first-order valence-corrected chi connectivity index (χ1v) is 5.01. The van der Waals surface area contributed by atoms with Gasteiger partial charge in [-0.2, -0.15) is 10.2 Å². The van der Waals surface area contributed by atoms with Gasteiger partial charge in [0.15, 0.2) is 5.56 Å². The fourth-order valence-electron chi connectivity index (χ4n) is 1.23. The van der Waals surface area contributed by atoms with Crippen LogP contribution in [-0.4, -0.2) is 16.5 Å². The predicted octanol–water partition coefficient (Wildman–Crippen LogP) is 1.24. The number of nitrogens with one attached hydrogen (secondary N) is 2. The SMILES string of the molecule is CCCCCNc1[nH]cnc(=O)c1C#N. The summed E-state index contributed by atoms with van der Waals surface area (Å²) in [6.45, 7) is 2.87. The van der Waals surface area contributed by atoms with Crippen molar-refractivity contribution >= 4 is 5.82 Å². The van der Waals surface area contributed by atoms with Gasteiger partial charge in [0.1, 0.15) is 11.9 Å². The summed E-state index contributed by atoms with van der Waals surface area (Å²) in [6.07, 6.45) is 4.58. The van der Waals surface area contributed by atoms with Gasteiger partial charge in [-0.15, -0.1) is 0 Å². The molecule has 1 aromatic heterocycles. The maximum Gasteiger partial charge on any atom is 0.292 e. The van der Waals surface area contributed by atoms with E-state index in [9.17, 15) is 4.79 Å². The first kappa shape index (κ1) is 11.2. The number of nitriles is 1. The van der Waals surface area contributed by atoms with Crippen molar-refractivity contribution in [3.8, 4) is 6.07 Å². The van der Waals surface area contributed by atoms with Gasteiger partial charge in [-0.3, -0.25) is 4.79 Å². The van der Waals surface area contributed by atoms with Crippen molar-refractivity contribution in [3.05, 3.63) is 22.2 Å². The van der Waals surface area contributed by atoms with Gasteiger partial charge in [-0.1, -0.05) is 19.8 Å².